The molecule has 0 bridgehead atoms. The van der Waals surface area contributed by atoms with Crippen LogP contribution < -0.4 is 5.32 Å². The van der Waals surface area contributed by atoms with Crippen LogP contribution >= 0.6 is 0 Å². The molecule has 0 aliphatic rings. The van der Waals surface area contributed by atoms with Crippen LogP contribution in [0.15, 0.2) is 18.3 Å². The van der Waals surface area contributed by atoms with Crippen molar-refractivity contribution in [1.82, 2.24) is 9.88 Å². The summed E-state index contributed by atoms with van der Waals surface area (Å²) in [7, 11) is 0. The molecular weight excluding hydrogens is 210 g/mol. The first-order valence-corrected chi connectivity index (χ1v) is 6.71. The van der Waals surface area contributed by atoms with Crippen molar-refractivity contribution in [1.29, 1.82) is 0 Å². The van der Waals surface area contributed by atoms with Gasteiger partial charge in [-0.3, -0.25) is 9.88 Å². The van der Waals surface area contributed by atoms with E-state index in [4.69, 9.17) is 0 Å². The zero-order valence-corrected chi connectivity index (χ0v) is 11.4. The van der Waals surface area contributed by atoms with Crippen molar-refractivity contribution in [2.75, 3.05) is 25.0 Å². The molecule has 1 N–H and O–H groups in total. The largest absolute Gasteiger partial charge is 0.385 e. The van der Waals surface area contributed by atoms with Gasteiger partial charge in [0.1, 0.15) is 0 Å². The molecule has 0 amide bonds. The van der Waals surface area contributed by atoms with Crippen LogP contribution in [0.5, 0.6) is 0 Å². The standard InChI is InChI=1S/C14H25N3/c1-4-9-17(10-5-2)12-14-11-13(15-6-3)7-8-16-14/h7-8,11H,4-6,9-10,12H2,1-3H3,(H,15,16). The lowest BCUT2D eigenvalue weighted by Gasteiger charge is -2.20. The number of anilines is 1. The predicted molar refractivity (Wildman–Crippen MR) is 74.3 cm³/mol. The third-order valence-corrected chi connectivity index (χ3v) is 2.66. The lowest BCUT2D eigenvalue weighted by atomic mass is 10.2. The third kappa shape index (κ3) is 5.18. The summed E-state index contributed by atoms with van der Waals surface area (Å²) in [6.45, 7) is 10.8. The lowest BCUT2D eigenvalue weighted by molar-refractivity contribution is 0.263. The van der Waals surface area contributed by atoms with Crippen LogP contribution in [0.2, 0.25) is 0 Å². The average molecular weight is 235 g/mol. The topological polar surface area (TPSA) is 28.2 Å². The van der Waals surface area contributed by atoms with E-state index < -0.39 is 0 Å². The summed E-state index contributed by atoms with van der Waals surface area (Å²) in [5.41, 5.74) is 2.33. The first kappa shape index (κ1) is 14.0. The van der Waals surface area contributed by atoms with Crippen molar-refractivity contribution in [3.8, 4) is 0 Å². The zero-order chi connectivity index (χ0) is 12.5. The minimum atomic E-state index is 0.955. The molecule has 0 spiro atoms. The molecule has 1 rings (SSSR count). The van der Waals surface area contributed by atoms with Gasteiger partial charge in [-0.05, 0) is 45.0 Å². The Morgan fingerprint density at radius 1 is 1.18 bits per heavy atom. The van der Waals surface area contributed by atoms with Crippen LogP contribution in [-0.2, 0) is 6.54 Å². The predicted octanol–water partition coefficient (Wildman–Crippen LogP) is 3.14. The van der Waals surface area contributed by atoms with Gasteiger partial charge in [0.05, 0.1) is 5.69 Å². The van der Waals surface area contributed by atoms with Gasteiger partial charge in [0.15, 0.2) is 0 Å². The summed E-state index contributed by atoms with van der Waals surface area (Å²) in [6, 6.07) is 4.18. The maximum absolute atomic E-state index is 4.44. The van der Waals surface area contributed by atoms with Crippen molar-refractivity contribution >= 4 is 5.69 Å². The average Bonchev–Trinajstić information content (AvgIpc) is 2.30. The molecule has 1 heterocycles. The highest BCUT2D eigenvalue weighted by molar-refractivity contribution is 5.42. The van der Waals surface area contributed by atoms with Crippen LogP contribution in [-0.4, -0.2) is 29.5 Å². The number of hydrogen-bond donors (Lipinski definition) is 1. The second-order valence-electron chi connectivity index (χ2n) is 4.34. The highest BCUT2D eigenvalue weighted by Crippen LogP contribution is 2.10. The van der Waals surface area contributed by atoms with E-state index in [1.165, 1.54) is 18.5 Å². The highest BCUT2D eigenvalue weighted by Gasteiger charge is 2.05. The summed E-state index contributed by atoms with van der Waals surface area (Å²) in [5.74, 6) is 0. The fourth-order valence-electron chi connectivity index (χ4n) is 2.01. The molecule has 17 heavy (non-hydrogen) atoms. The summed E-state index contributed by atoms with van der Waals surface area (Å²) in [4.78, 5) is 6.91. The maximum Gasteiger partial charge on any atom is 0.0564 e. The minimum absolute atomic E-state index is 0.955. The van der Waals surface area contributed by atoms with E-state index in [-0.39, 0.29) is 0 Å². The molecule has 0 aliphatic carbocycles. The molecule has 0 radical (unpaired) electrons. The van der Waals surface area contributed by atoms with E-state index in [1.807, 2.05) is 12.3 Å². The number of aromatic nitrogens is 1. The highest BCUT2D eigenvalue weighted by atomic mass is 15.1. The normalized spacial score (nSPS) is 10.8. The molecule has 0 atom stereocenters. The van der Waals surface area contributed by atoms with Gasteiger partial charge in [0, 0.05) is 25.0 Å². The zero-order valence-electron chi connectivity index (χ0n) is 11.4. The second-order valence-corrected chi connectivity index (χ2v) is 4.34. The lowest BCUT2D eigenvalue weighted by Crippen LogP contribution is -2.25. The molecule has 0 fully saturated rings. The van der Waals surface area contributed by atoms with Crippen molar-refractivity contribution in [2.24, 2.45) is 0 Å². The molecular formula is C14H25N3. The fraction of sp³-hybridized carbons (Fsp3) is 0.643. The van der Waals surface area contributed by atoms with Gasteiger partial charge in [-0.25, -0.2) is 0 Å². The van der Waals surface area contributed by atoms with Gasteiger partial charge in [0.2, 0.25) is 0 Å². The van der Waals surface area contributed by atoms with Gasteiger partial charge >= 0.3 is 0 Å². The van der Waals surface area contributed by atoms with Crippen LogP contribution in [0.3, 0.4) is 0 Å². The number of nitrogens with zero attached hydrogens (tertiary/aromatic N) is 2. The Bertz CT molecular complexity index is 306. The first-order valence-electron chi connectivity index (χ1n) is 6.71. The Hall–Kier alpha value is -1.09. The van der Waals surface area contributed by atoms with E-state index in [0.717, 1.165) is 31.9 Å². The quantitative estimate of drug-likeness (QED) is 0.750. The van der Waals surface area contributed by atoms with Crippen molar-refractivity contribution in [3.05, 3.63) is 24.0 Å². The Morgan fingerprint density at radius 3 is 2.47 bits per heavy atom. The van der Waals surface area contributed by atoms with E-state index >= 15 is 0 Å². The molecule has 3 heteroatoms. The van der Waals surface area contributed by atoms with Crippen LogP contribution in [0.25, 0.3) is 0 Å². The number of rotatable bonds is 8. The molecule has 0 saturated heterocycles. The molecule has 3 nitrogen and oxygen atoms in total. The fourth-order valence-corrected chi connectivity index (χ4v) is 2.01. The Labute approximate surface area is 105 Å². The summed E-state index contributed by atoms with van der Waals surface area (Å²) < 4.78 is 0. The van der Waals surface area contributed by atoms with Gasteiger partial charge < -0.3 is 5.32 Å². The van der Waals surface area contributed by atoms with Crippen molar-refractivity contribution in [3.63, 3.8) is 0 Å². The van der Waals surface area contributed by atoms with Gasteiger partial charge in [-0.2, -0.15) is 0 Å². The molecule has 1 aromatic rings. The molecule has 0 unspecified atom stereocenters. The Kier molecular flexibility index (Phi) is 6.63. The Morgan fingerprint density at radius 2 is 1.88 bits per heavy atom. The number of pyridine rings is 1. The third-order valence-electron chi connectivity index (χ3n) is 2.66. The Balaban J connectivity index is 2.60. The van der Waals surface area contributed by atoms with E-state index in [9.17, 15) is 0 Å². The van der Waals surface area contributed by atoms with Gasteiger partial charge in [-0.15, -0.1) is 0 Å². The van der Waals surface area contributed by atoms with E-state index in [2.05, 4.69) is 42.0 Å². The minimum Gasteiger partial charge on any atom is -0.385 e. The second kappa shape index (κ2) is 8.07. The summed E-state index contributed by atoms with van der Waals surface area (Å²) in [5, 5.41) is 3.33. The molecule has 1 aromatic heterocycles. The van der Waals surface area contributed by atoms with Gasteiger partial charge in [0.25, 0.3) is 0 Å². The maximum atomic E-state index is 4.44. The first-order chi connectivity index (χ1) is 8.30. The monoisotopic (exact) mass is 235 g/mol. The molecule has 0 saturated carbocycles. The van der Waals surface area contributed by atoms with E-state index in [1.54, 1.807) is 0 Å². The SMILES string of the molecule is CCCN(CCC)Cc1cc(NCC)ccn1. The van der Waals surface area contributed by atoms with Crippen LogP contribution in [0.4, 0.5) is 5.69 Å². The summed E-state index contributed by atoms with van der Waals surface area (Å²) in [6.07, 6.45) is 4.29. The summed E-state index contributed by atoms with van der Waals surface area (Å²) >= 11 is 0. The van der Waals surface area contributed by atoms with Crippen molar-refractivity contribution in [2.45, 2.75) is 40.2 Å². The van der Waals surface area contributed by atoms with Gasteiger partial charge in [-0.1, -0.05) is 13.8 Å². The smallest absolute Gasteiger partial charge is 0.0564 e. The molecule has 96 valence electrons. The van der Waals surface area contributed by atoms with Crippen LogP contribution in [0.1, 0.15) is 39.3 Å². The molecule has 0 aliphatic heterocycles. The van der Waals surface area contributed by atoms with E-state index in [0.29, 0.717) is 0 Å². The number of hydrogen-bond acceptors (Lipinski definition) is 3. The number of nitrogens with one attached hydrogen (secondary N) is 1. The van der Waals surface area contributed by atoms with Crippen LogP contribution in [0, 0.1) is 0 Å². The van der Waals surface area contributed by atoms with Crippen molar-refractivity contribution < 1.29 is 0 Å². The molecule has 0 aromatic carbocycles.